The van der Waals surface area contributed by atoms with Crippen LogP contribution in [0.5, 0.6) is 11.9 Å². The summed E-state index contributed by atoms with van der Waals surface area (Å²) in [5.41, 5.74) is 0.717. The van der Waals surface area contributed by atoms with Gasteiger partial charge < -0.3 is 19.9 Å². The number of thioether (sulfide) groups is 2. The molecule has 2 aromatic rings. The second-order valence-corrected chi connectivity index (χ2v) is 11.4. The summed E-state index contributed by atoms with van der Waals surface area (Å²) in [6, 6.07) is 6.60. The Labute approximate surface area is 230 Å². The number of hydrogen-bond acceptors (Lipinski definition) is 12. The number of anilines is 2. The van der Waals surface area contributed by atoms with Crippen LogP contribution in [0.4, 0.5) is 11.5 Å². The molecule has 0 saturated carbocycles. The number of nitrogens with zero attached hydrogens (tertiary/aromatic N) is 4. The Morgan fingerprint density at radius 1 is 1.13 bits per heavy atom. The van der Waals surface area contributed by atoms with Crippen molar-refractivity contribution in [2.45, 2.75) is 11.8 Å². The zero-order valence-electron chi connectivity index (χ0n) is 20.5. The van der Waals surface area contributed by atoms with Crippen LogP contribution in [0.1, 0.15) is 6.92 Å². The number of rotatable bonds is 9. The fraction of sp³-hybridized carbons (Fsp3) is 0.227. The number of carbonyl (C=O) groups excluding carboxylic acids is 2. The summed E-state index contributed by atoms with van der Waals surface area (Å²) >= 11 is 1.82. The van der Waals surface area contributed by atoms with Crippen molar-refractivity contribution < 1.29 is 37.4 Å². The minimum atomic E-state index is -4.03. The highest BCUT2D eigenvalue weighted by Gasteiger charge is 2.40. The van der Waals surface area contributed by atoms with E-state index in [1.54, 1.807) is 6.92 Å². The third-order valence-corrected chi connectivity index (χ3v) is 8.65. The summed E-state index contributed by atoms with van der Waals surface area (Å²) in [7, 11) is -1.34. The van der Waals surface area contributed by atoms with Gasteiger partial charge in [-0.1, -0.05) is 23.5 Å². The van der Waals surface area contributed by atoms with E-state index in [-0.39, 0.29) is 38.4 Å². The highest BCUT2D eigenvalue weighted by molar-refractivity contribution is 8.19. The minimum Gasteiger partial charge on any atom is -0.481 e. The van der Waals surface area contributed by atoms with E-state index < -0.39 is 33.7 Å². The van der Waals surface area contributed by atoms with Gasteiger partial charge in [0.15, 0.2) is 11.0 Å². The van der Waals surface area contributed by atoms with Crippen LogP contribution < -0.4 is 19.5 Å². The van der Waals surface area contributed by atoms with Gasteiger partial charge in [-0.15, -0.1) is 0 Å². The van der Waals surface area contributed by atoms with Crippen LogP contribution in [0, 0.1) is 5.92 Å². The summed E-state index contributed by atoms with van der Waals surface area (Å²) in [6.45, 7) is 1.56. The van der Waals surface area contributed by atoms with Crippen molar-refractivity contribution in [2.75, 3.05) is 30.0 Å². The Morgan fingerprint density at radius 2 is 1.85 bits per heavy atom. The highest BCUT2D eigenvalue weighted by atomic mass is 32.2. The Morgan fingerprint density at radius 3 is 2.49 bits per heavy atom. The van der Waals surface area contributed by atoms with Gasteiger partial charge in [0.1, 0.15) is 5.92 Å². The summed E-state index contributed by atoms with van der Waals surface area (Å²) in [5.74, 6) is -3.03. The van der Waals surface area contributed by atoms with Gasteiger partial charge in [-0.3, -0.25) is 14.3 Å². The van der Waals surface area contributed by atoms with Crippen molar-refractivity contribution in [3.05, 3.63) is 40.8 Å². The SMILES string of the molecule is COc1cc(NS(=O)(=O)c2ccc(NC(=O)CSC3=NC(=O)C4C(=N3)SC(C(=O)O)=C4C)cc2)nc(OC)n1. The molecule has 3 N–H and O–H groups in total. The van der Waals surface area contributed by atoms with E-state index in [0.29, 0.717) is 16.3 Å². The quantitative estimate of drug-likeness (QED) is 0.383. The van der Waals surface area contributed by atoms with E-state index in [1.165, 1.54) is 44.6 Å². The van der Waals surface area contributed by atoms with Crippen LogP contribution in [0.25, 0.3) is 0 Å². The molecule has 17 heteroatoms. The first-order valence-corrected chi connectivity index (χ1v) is 14.1. The lowest BCUT2D eigenvalue weighted by atomic mass is 10.0. The fourth-order valence-electron chi connectivity index (χ4n) is 3.39. The summed E-state index contributed by atoms with van der Waals surface area (Å²) < 4.78 is 37.8. The number of aromatic nitrogens is 2. The summed E-state index contributed by atoms with van der Waals surface area (Å²) in [6.07, 6.45) is 0. The van der Waals surface area contributed by atoms with Crippen molar-refractivity contribution in [1.82, 2.24) is 9.97 Å². The van der Waals surface area contributed by atoms with Crippen LogP contribution in [0.15, 0.2) is 55.7 Å². The Bertz CT molecular complexity index is 1530. The molecule has 4 rings (SSSR count). The first-order valence-electron chi connectivity index (χ1n) is 10.9. The van der Waals surface area contributed by atoms with Crippen molar-refractivity contribution in [3.63, 3.8) is 0 Å². The van der Waals surface area contributed by atoms with Gasteiger partial charge in [-0.2, -0.15) is 15.0 Å². The number of hydrogen-bond donors (Lipinski definition) is 3. The molecule has 2 aliphatic rings. The number of carboxylic acids is 1. The molecule has 0 spiro atoms. The zero-order valence-corrected chi connectivity index (χ0v) is 22.9. The predicted molar refractivity (Wildman–Crippen MR) is 145 cm³/mol. The Hall–Kier alpha value is -3.96. The van der Waals surface area contributed by atoms with Gasteiger partial charge in [0.2, 0.25) is 11.8 Å². The second-order valence-electron chi connectivity index (χ2n) is 7.78. The largest absolute Gasteiger partial charge is 0.481 e. The van der Waals surface area contributed by atoms with Crippen molar-refractivity contribution >= 4 is 73.0 Å². The molecule has 1 atom stereocenters. The predicted octanol–water partition coefficient (Wildman–Crippen LogP) is 1.98. The third-order valence-electron chi connectivity index (χ3n) is 5.19. The number of carboxylic acid groups (broad SMARTS) is 1. The summed E-state index contributed by atoms with van der Waals surface area (Å²) in [5, 5.41) is 12.3. The number of benzene rings is 1. The molecular formula is C22H20N6O8S3. The van der Waals surface area contributed by atoms with Gasteiger partial charge in [-0.05, 0) is 36.8 Å². The smallest absolute Gasteiger partial charge is 0.342 e. The number of fused-ring (bicyclic) bond motifs is 1. The fourth-order valence-corrected chi connectivity index (χ4v) is 6.19. The number of nitrogens with one attached hydrogen (secondary N) is 2. The molecule has 1 aromatic carbocycles. The van der Waals surface area contributed by atoms with Crippen molar-refractivity contribution in [2.24, 2.45) is 15.9 Å². The molecule has 0 bridgehead atoms. The van der Waals surface area contributed by atoms with Crippen molar-refractivity contribution in [3.8, 4) is 11.9 Å². The lowest BCUT2D eigenvalue weighted by Gasteiger charge is -2.14. The average Bonchev–Trinajstić information content (AvgIpc) is 3.24. The highest BCUT2D eigenvalue weighted by Crippen LogP contribution is 2.41. The van der Waals surface area contributed by atoms with E-state index >= 15 is 0 Å². The van der Waals surface area contributed by atoms with E-state index in [4.69, 9.17) is 9.47 Å². The topological polar surface area (TPSA) is 199 Å². The molecule has 0 radical (unpaired) electrons. The number of sulfonamides is 1. The second kappa shape index (κ2) is 11.4. The van der Waals surface area contributed by atoms with Gasteiger partial charge in [-0.25, -0.2) is 18.2 Å². The standard InChI is InChI=1S/C22H20N6O8S3/c1-10-16-18(30)26-22(27-19(16)38-17(10)20(31)32)37-9-14(29)23-11-4-6-12(7-5-11)39(33,34)28-13-8-15(35-2)25-21(24-13)36-3/h4-8,16H,9H2,1-3H3,(H,23,29)(H,31,32)(H,24,25,28). The first kappa shape index (κ1) is 28.1. The molecule has 2 amide bonds. The van der Waals surface area contributed by atoms with Crippen molar-refractivity contribution in [1.29, 1.82) is 0 Å². The number of amides is 2. The molecular weight excluding hydrogens is 572 g/mol. The van der Waals surface area contributed by atoms with Crippen LogP contribution in [-0.2, 0) is 24.4 Å². The normalized spacial score (nSPS) is 16.7. The van der Waals surface area contributed by atoms with E-state index in [9.17, 15) is 27.9 Å². The first-order chi connectivity index (χ1) is 18.5. The molecule has 0 aliphatic carbocycles. The van der Waals surface area contributed by atoms with E-state index in [0.717, 1.165) is 23.5 Å². The zero-order chi connectivity index (χ0) is 28.3. The van der Waals surface area contributed by atoms with E-state index in [2.05, 4.69) is 30.0 Å². The maximum absolute atomic E-state index is 12.8. The lowest BCUT2D eigenvalue weighted by molar-refractivity contribution is -0.131. The summed E-state index contributed by atoms with van der Waals surface area (Å²) in [4.78, 5) is 52.1. The van der Waals surface area contributed by atoms with Gasteiger partial charge >= 0.3 is 12.0 Å². The minimum absolute atomic E-state index is 0.0449. The van der Waals surface area contributed by atoms with Gasteiger partial charge in [0.05, 0.1) is 34.8 Å². The Kier molecular flexibility index (Phi) is 8.22. The molecule has 2 aliphatic heterocycles. The van der Waals surface area contributed by atoms with Crippen LogP contribution in [0.2, 0.25) is 0 Å². The van der Waals surface area contributed by atoms with Crippen LogP contribution >= 0.6 is 23.5 Å². The molecule has 204 valence electrons. The average molecular weight is 593 g/mol. The Balaban J connectivity index is 1.35. The molecule has 14 nitrogen and oxygen atoms in total. The monoisotopic (exact) mass is 592 g/mol. The molecule has 1 unspecified atom stereocenters. The van der Waals surface area contributed by atoms with Crippen LogP contribution in [0.3, 0.4) is 0 Å². The molecule has 3 heterocycles. The lowest BCUT2D eigenvalue weighted by Crippen LogP contribution is -2.24. The third kappa shape index (κ3) is 6.37. The number of ether oxygens (including phenoxy) is 2. The number of carbonyl (C=O) groups is 3. The maximum Gasteiger partial charge on any atom is 0.342 e. The van der Waals surface area contributed by atoms with Crippen LogP contribution in [-0.4, -0.2) is 71.5 Å². The number of aliphatic imine (C=N–C) groups is 2. The number of amidine groups is 1. The number of aliphatic carboxylic acids is 1. The van der Waals surface area contributed by atoms with E-state index in [1.807, 2.05) is 0 Å². The molecule has 0 fully saturated rings. The molecule has 39 heavy (non-hydrogen) atoms. The van der Waals surface area contributed by atoms with Gasteiger partial charge in [0, 0.05) is 11.8 Å². The molecule has 0 saturated heterocycles. The molecule has 1 aromatic heterocycles. The number of methoxy groups -OCH3 is 2. The van der Waals surface area contributed by atoms with Gasteiger partial charge in [0.25, 0.3) is 15.9 Å². The maximum atomic E-state index is 12.8.